The molecule has 0 saturated heterocycles. The minimum absolute atomic E-state index is 0. The summed E-state index contributed by atoms with van der Waals surface area (Å²) in [5, 5.41) is 10.2. The van der Waals surface area contributed by atoms with Crippen LogP contribution in [0.4, 0.5) is 23.5 Å². The Kier molecular flexibility index (Phi) is 8.52. The Balaban J connectivity index is 0.00000341. The van der Waals surface area contributed by atoms with Gasteiger partial charge in [0.05, 0.1) is 13.3 Å². The SMILES string of the molecule is CNc1nc(N/N=C/c2ccc(OC(C)=O)c(OC)c2)nc(Nc2ccccc2)n1.Cl. The fourth-order valence-electron chi connectivity index (χ4n) is 2.41. The maximum atomic E-state index is 11.1. The minimum atomic E-state index is -0.425. The molecule has 31 heavy (non-hydrogen) atoms. The van der Waals surface area contributed by atoms with Crippen molar-refractivity contribution in [2.24, 2.45) is 5.10 Å². The Morgan fingerprint density at radius 3 is 2.39 bits per heavy atom. The van der Waals surface area contributed by atoms with Crippen molar-refractivity contribution < 1.29 is 14.3 Å². The van der Waals surface area contributed by atoms with Gasteiger partial charge >= 0.3 is 5.97 Å². The summed E-state index contributed by atoms with van der Waals surface area (Å²) < 4.78 is 10.3. The molecule has 0 fully saturated rings. The molecule has 0 saturated carbocycles. The fourth-order valence-corrected chi connectivity index (χ4v) is 2.41. The fraction of sp³-hybridized carbons (Fsp3) is 0.150. The first kappa shape index (κ1) is 23.4. The Hall–Kier alpha value is -3.92. The summed E-state index contributed by atoms with van der Waals surface area (Å²) in [7, 11) is 3.21. The van der Waals surface area contributed by atoms with Crippen LogP contribution in [0, 0.1) is 0 Å². The van der Waals surface area contributed by atoms with Crippen LogP contribution in [0.5, 0.6) is 11.5 Å². The number of methoxy groups -OCH3 is 1. The second-order valence-electron chi connectivity index (χ2n) is 5.92. The normalized spacial score (nSPS) is 10.2. The highest BCUT2D eigenvalue weighted by Crippen LogP contribution is 2.27. The molecule has 0 radical (unpaired) electrons. The third kappa shape index (κ3) is 6.82. The zero-order valence-electron chi connectivity index (χ0n) is 17.1. The number of hydrogen-bond acceptors (Lipinski definition) is 10. The van der Waals surface area contributed by atoms with Crippen LogP contribution in [-0.4, -0.2) is 41.3 Å². The summed E-state index contributed by atoms with van der Waals surface area (Å²) in [6, 6.07) is 14.6. The van der Waals surface area contributed by atoms with Crippen LogP contribution in [0.15, 0.2) is 53.6 Å². The zero-order chi connectivity index (χ0) is 21.3. The Labute approximate surface area is 185 Å². The van der Waals surface area contributed by atoms with Gasteiger partial charge in [0.25, 0.3) is 0 Å². The van der Waals surface area contributed by atoms with Crippen LogP contribution in [0.25, 0.3) is 0 Å². The van der Waals surface area contributed by atoms with Gasteiger partial charge in [-0.3, -0.25) is 4.79 Å². The first-order valence-electron chi connectivity index (χ1n) is 8.99. The minimum Gasteiger partial charge on any atom is -0.493 e. The molecule has 162 valence electrons. The van der Waals surface area contributed by atoms with E-state index in [4.69, 9.17) is 9.47 Å². The van der Waals surface area contributed by atoms with Crippen LogP contribution in [0.3, 0.4) is 0 Å². The number of ether oxygens (including phenoxy) is 2. The van der Waals surface area contributed by atoms with Crippen molar-refractivity contribution in [3.8, 4) is 11.5 Å². The lowest BCUT2D eigenvalue weighted by Gasteiger charge is -2.09. The molecule has 3 aromatic rings. The Morgan fingerprint density at radius 2 is 1.71 bits per heavy atom. The van der Waals surface area contributed by atoms with Gasteiger partial charge in [-0.05, 0) is 35.9 Å². The van der Waals surface area contributed by atoms with E-state index < -0.39 is 5.97 Å². The number of esters is 1. The summed E-state index contributed by atoms with van der Waals surface area (Å²) in [6.07, 6.45) is 1.56. The molecule has 2 aromatic carbocycles. The number of rotatable bonds is 8. The lowest BCUT2D eigenvalue weighted by Crippen LogP contribution is -2.07. The van der Waals surface area contributed by atoms with Crippen molar-refractivity contribution in [2.45, 2.75) is 6.92 Å². The van der Waals surface area contributed by atoms with Gasteiger partial charge in [-0.1, -0.05) is 18.2 Å². The number of anilines is 4. The number of aromatic nitrogens is 3. The molecule has 3 N–H and O–H groups in total. The molecule has 10 nitrogen and oxygen atoms in total. The maximum absolute atomic E-state index is 11.1. The standard InChI is InChI=1S/C20H21N7O3.ClH/c1-13(28)30-16-10-9-14(11-17(16)29-3)12-22-27-20-25-18(21-2)24-19(26-20)23-15-7-5-4-6-8-15;/h4-12H,1-3H3,(H3,21,23,24,25,26,27);1H/b22-12+;. The topological polar surface area (TPSA) is 123 Å². The molecule has 0 spiro atoms. The molecule has 0 aliphatic rings. The number of carbonyl (C=O) groups excluding carboxylic acids is 1. The number of nitrogens with zero attached hydrogens (tertiary/aromatic N) is 4. The van der Waals surface area contributed by atoms with Crippen LogP contribution in [-0.2, 0) is 4.79 Å². The van der Waals surface area contributed by atoms with Crippen molar-refractivity contribution in [1.82, 2.24) is 15.0 Å². The van der Waals surface area contributed by atoms with Gasteiger partial charge in [0.15, 0.2) is 11.5 Å². The second kappa shape index (κ2) is 11.3. The molecule has 0 atom stereocenters. The molecule has 1 aromatic heterocycles. The Bertz CT molecular complexity index is 1050. The predicted molar refractivity (Wildman–Crippen MR) is 122 cm³/mol. The molecule has 11 heteroatoms. The first-order chi connectivity index (χ1) is 14.6. The predicted octanol–water partition coefficient (Wildman–Crippen LogP) is 3.46. The molecule has 0 aliphatic carbocycles. The lowest BCUT2D eigenvalue weighted by atomic mass is 10.2. The third-order valence-corrected chi connectivity index (χ3v) is 3.71. The van der Waals surface area contributed by atoms with E-state index in [0.717, 1.165) is 11.3 Å². The quantitative estimate of drug-likeness (QED) is 0.208. The number of benzene rings is 2. The van der Waals surface area contributed by atoms with E-state index in [1.807, 2.05) is 30.3 Å². The molecular formula is C20H22ClN7O3. The molecular weight excluding hydrogens is 422 g/mol. The van der Waals surface area contributed by atoms with Crippen molar-refractivity contribution in [1.29, 1.82) is 0 Å². The average Bonchev–Trinajstić information content (AvgIpc) is 2.75. The van der Waals surface area contributed by atoms with Gasteiger partial charge in [0, 0.05) is 19.7 Å². The monoisotopic (exact) mass is 443 g/mol. The van der Waals surface area contributed by atoms with Crippen LogP contribution in [0.1, 0.15) is 12.5 Å². The largest absolute Gasteiger partial charge is 0.493 e. The van der Waals surface area contributed by atoms with E-state index in [2.05, 4.69) is 36.1 Å². The molecule has 0 unspecified atom stereocenters. The smallest absolute Gasteiger partial charge is 0.308 e. The average molecular weight is 444 g/mol. The van der Waals surface area contributed by atoms with Gasteiger partial charge in [-0.25, -0.2) is 5.43 Å². The number of hydrogen-bond donors (Lipinski definition) is 3. The summed E-state index contributed by atoms with van der Waals surface area (Å²) in [5.41, 5.74) is 4.35. The van der Waals surface area contributed by atoms with Crippen LogP contribution >= 0.6 is 12.4 Å². The molecule has 1 heterocycles. The number of carbonyl (C=O) groups is 1. The van der Waals surface area contributed by atoms with E-state index in [0.29, 0.717) is 23.4 Å². The second-order valence-corrected chi connectivity index (χ2v) is 5.92. The van der Waals surface area contributed by atoms with Crippen molar-refractivity contribution in [3.63, 3.8) is 0 Å². The van der Waals surface area contributed by atoms with Crippen LogP contribution in [0.2, 0.25) is 0 Å². The van der Waals surface area contributed by atoms with Crippen LogP contribution < -0.4 is 25.5 Å². The zero-order valence-corrected chi connectivity index (χ0v) is 17.9. The van der Waals surface area contributed by atoms with Gasteiger partial charge in [0.1, 0.15) is 0 Å². The molecule has 3 rings (SSSR count). The van der Waals surface area contributed by atoms with Gasteiger partial charge in [0.2, 0.25) is 17.8 Å². The van der Waals surface area contributed by atoms with Crippen molar-refractivity contribution in [3.05, 3.63) is 54.1 Å². The molecule has 0 bridgehead atoms. The summed E-state index contributed by atoms with van der Waals surface area (Å²) in [5.74, 6) is 1.34. The summed E-state index contributed by atoms with van der Waals surface area (Å²) in [6.45, 7) is 1.33. The summed E-state index contributed by atoms with van der Waals surface area (Å²) >= 11 is 0. The van der Waals surface area contributed by atoms with Crippen molar-refractivity contribution >= 4 is 48.1 Å². The van der Waals surface area contributed by atoms with E-state index in [9.17, 15) is 4.79 Å². The van der Waals surface area contributed by atoms with E-state index in [1.165, 1.54) is 14.0 Å². The van der Waals surface area contributed by atoms with E-state index >= 15 is 0 Å². The molecule has 0 aliphatic heterocycles. The highest BCUT2D eigenvalue weighted by molar-refractivity contribution is 5.85. The number of nitrogens with one attached hydrogen (secondary N) is 3. The third-order valence-electron chi connectivity index (χ3n) is 3.71. The number of hydrazone groups is 1. The van der Waals surface area contributed by atoms with Crippen molar-refractivity contribution in [2.75, 3.05) is 30.2 Å². The first-order valence-corrected chi connectivity index (χ1v) is 8.99. The van der Waals surface area contributed by atoms with Gasteiger partial charge in [-0.2, -0.15) is 20.1 Å². The molecule has 0 amide bonds. The number of para-hydroxylation sites is 1. The highest BCUT2D eigenvalue weighted by Gasteiger charge is 2.08. The van der Waals surface area contributed by atoms with Gasteiger partial charge < -0.3 is 20.1 Å². The highest BCUT2D eigenvalue weighted by atomic mass is 35.5. The lowest BCUT2D eigenvalue weighted by molar-refractivity contribution is -0.132. The van der Waals surface area contributed by atoms with Gasteiger partial charge in [-0.15, -0.1) is 12.4 Å². The Morgan fingerprint density at radius 1 is 1.00 bits per heavy atom. The summed E-state index contributed by atoms with van der Waals surface area (Å²) in [4.78, 5) is 24.0. The van der Waals surface area contributed by atoms with E-state index in [1.54, 1.807) is 31.5 Å². The van der Waals surface area contributed by atoms with E-state index in [-0.39, 0.29) is 18.4 Å². The number of halogens is 1. The maximum Gasteiger partial charge on any atom is 0.308 e.